The van der Waals surface area contributed by atoms with Gasteiger partial charge in [0.1, 0.15) is 35.1 Å². The predicted molar refractivity (Wildman–Crippen MR) is 201 cm³/mol. The average molecular weight is 764 g/mol. The van der Waals surface area contributed by atoms with Crippen molar-refractivity contribution in [3.8, 4) is 11.3 Å². The van der Waals surface area contributed by atoms with Gasteiger partial charge in [-0.2, -0.15) is 5.10 Å². The molecule has 0 spiro atoms. The zero-order valence-electron chi connectivity index (χ0n) is 30.8. The van der Waals surface area contributed by atoms with Crippen molar-refractivity contribution in [3.63, 3.8) is 0 Å². The lowest BCUT2D eigenvalue weighted by atomic mass is 10.0. The standard InChI is InChI=1S/C41H40F3N9O3/c1-49(22-24-18-25-23-52(41(56)38(25)31(44)19-24)34-9-10-37(54)48-40(34)55)27-11-15-50(16-12-27)35-6-2-4-32(46-35)29-21-45-53-17-13-36(47-39(29)53)51-14-3-5-33(51)28-8-7-26(42)20-30(28)43/h2,4,6-8,13,17-21,27,33-34H,3,5,9-12,14-16,22-23H2,1H3,(H,48,54,55)/t33-,34?/m1/s1. The fourth-order valence-electron chi connectivity index (χ4n) is 8.85. The molecule has 1 unspecified atom stereocenters. The van der Waals surface area contributed by atoms with Gasteiger partial charge in [0.05, 0.1) is 29.1 Å². The number of hydrogen-bond donors (Lipinski definition) is 1. The molecule has 2 aromatic carbocycles. The molecule has 9 rings (SSSR count). The summed E-state index contributed by atoms with van der Waals surface area (Å²) in [5, 5.41) is 6.82. The van der Waals surface area contributed by atoms with Crippen LogP contribution >= 0.6 is 0 Å². The normalized spacial score (nSPS) is 20.4. The first kappa shape index (κ1) is 35.8. The number of amides is 3. The maximum Gasteiger partial charge on any atom is 0.258 e. The third kappa shape index (κ3) is 6.52. The van der Waals surface area contributed by atoms with Crippen LogP contribution in [0.25, 0.3) is 16.9 Å². The molecule has 3 saturated heterocycles. The van der Waals surface area contributed by atoms with Gasteiger partial charge in [0.25, 0.3) is 5.91 Å². The molecule has 4 aliphatic rings. The van der Waals surface area contributed by atoms with Crippen molar-refractivity contribution in [2.75, 3.05) is 36.5 Å². The summed E-state index contributed by atoms with van der Waals surface area (Å²) in [5.41, 5.74) is 3.91. The average Bonchev–Trinajstić information content (AvgIpc) is 3.92. The third-order valence-electron chi connectivity index (χ3n) is 11.7. The van der Waals surface area contributed by atoms with E-state index in [2.05, 4.69) is 25.1 Å². The first-order valence-corrected chi connectivity index (χ1v) is 19.1. The summed E-state index contributed by atoms with van der Waals surface area (Å²) in [6, 6.07) is 14.0. The van der Waals surface area contributed by atoms with Crippen LogP contribution in [0, 0.1) is 17.5 Å². The zero-order valence-corrected chi connectivity index (χ0v) is 30.8. The number of nitrogens with one attached hydrogen (secondary N) is 1. The van der Waals surface area contributed by atoms with Crippen LogP contribution in [0.4, 0.5) is 24.8 Å². The van der Waals surface area contributed by atoms with Crippen molar-refractivity contribution in [1.82, 2.24) is 34.7 Å². The summed E-state index contributed by atoms with van der Waals surface area (Å²) < 4.78 is 45.6. The molecule has 4 aliphatic heterocycles. The van der Waals surface area contributed by atoms with Crippen LogP contribution < -0.4 is 15.1 Å². The van der Waals surface area contributed by atoms with E-state index in [9.17, 15) is 23.2 Å². The van der Waals surface area contributed by atoms with E-state index >= 15 is 4.39 Å². The van der Waals surface area contributed by atoms with Gasteiger partial charge in [-0.3, -0.25) is 24.6 Å². The number of nitrogens with zero attached hydrogens (tertiary/aromatic N) is 8. The summed E-state index contributed by atoms with van der Waals surface area (Å²) in [5.74, 6) is -1.61. The Morgan fingerprint density at radius 1 is 0.857 bits per heavy atom. The predicted octanol–water partition coefficient (Wildman–Crippen LogP) is 5.41. The van der Waals surface area contributed by atoms with E-state index in [-0.39, 0.29) is 42.9 Å². The van der Waals surface area contributed by atoms with Crippen LogP contribution in [0.1, 0.15) is 71.6 Å². The second-order valence-corrected chi connectivity index (χ2v) is 15.2. The maximum atomic E-state index is 15.4. The van der Waals surface area contributed by atoms with Gasteiger partial charge in [-0.1, -0.05) is 18.2 Å². The Morgan fingerprint density at radius 2 is 1.70 bits per heavy atom. The monoisotopic (exact) mass is 763 g/mol. The molecule has 15 heteroatoms. The molecule has 5 aromatic rings. The first-order valence-electron chi connectivity index (χ1n) is 19.1. The van der Waals surface area contributed by atoms with Crippen LogP contribution in [-0.2, 0) is 22.7 Å². The Kier molecular flexibility index (Phi) is 9.18. The Balaban J connectivity index is 0.860. The molecule has 0 saturated carbocycles. The van der Waals surface area contributed by atoms with E-state index in [1.54, 1.807) is 10.7 Å². The van der Waals surface area contributed by atoms with Gasteiger partial charge in [-0.15, -0.1) is 0 Å². The molecule has 3 aromatic heterocycles. The number of hydrogen-bond acceptors (Lipinski definition) is 9. The number of imide groups is 1. The molecule has 7 heterocycles. The number of halogens is 3. The first-order chi connectivity index (χ1) is 27.1. The molecule has 0 radical (unpaired) electrons. The highest BCUT2D eigenvalue weighted by Crippen LogP contribution is 2.38. The Hall–Kier alpha value is -5.83. The van der Waals surface area contributed by atoms with Gasteiger partial charge in [0.2, 0.25) is 11.8 Å². The van der Waals surface area contributed by atoms with E-state index < -0.39 is 35.3 Å². The molecule has 0 bridgehead atoms. The van der Waals surface area contributed by atoms with Crippen LogP contribution in [0.2, 0.25) is 0 Å². The van der Waals surface area contributed by atoms with Gasteiger partial charge < -0.3 is 14.7 Å². The highest BCUT2D eigenvalue weighted by molar-refractivity contribution is 6.05. The van der Waals surface area contributed by atoms with Gasteiger partial charge in [0.15, 0.2) is 5.65 Å². The number of piperidine rings is 2. The van der Waals surface area contributed by atoms with E-state index in [0.717, 1.165) is 67.5 Å². The highest BCUT2D eigenvalue weighted by Gasteiger charge is 2.41. The van der Waals surface area contributed by atoms with Crippen LogP contribution in [-0.4, -0.2) is 85.9 Å². The minimum absolute atomic E-state index is 0.00302. The van der Waals surface area contributed by atoms with Crippen molar-refractivity contribution in [1.29, 1.82) is 0 Å². The lowest BCUT2D eigenvalue weighted by Crippen LogP contribution is -2.52. The fourth-order valence-corrected chi connectivity index (χ4v) is 8.85. The smallest absolute Gasteiger partial charge is 0.258 e. The third-order valence-corrected chi connectivity index (χ3v) is 11.7. The molecule has 56 heavy (non-hydrogen) atoms. The fraction of sp³-hybridized carbons (Fsp3) is 0.366. The summed E-state index contributed by atoms with van der Waals surface area (Å²) in [7, 11) is 2.03. The minimum Gasteiger partial charge on any atom is -0.356 e. The summed E-state index contributed by atoms with van der Waals surface area (Å²) in [4.78, 5) is 55.1. The van der Waals surface area contributed by atoms with Gasteiger partial charge in [-0.05, 0) is 80.6 Å². The number of benzene rings is 2. The van der Waals surface area contributed by atoms with Crippen molar-refractivity contribution >= 4 is 35.0 Å². The number of aromatic nitrogens is 4. The van der Waals surface area contributed by atoms with Crippen molar-refractivity contribution in [2.24, 2.45) is 0 Å². The zero-order chi connectivity index (χ0) is 38.7. The molecule has 3 fully saturated rings. The molecule has 0 aliphatic carbocycles. The molecule has 288 valence electrons. The molecule has 1 N–H and O–H groups in total. The number of fused-ring (bicyclic) bond motifs is 2. The largest absolute Gasteiger partial charge is 0.356 e. The van der Waals surface area contributed by atoms with Gasteiger partial charge >= 0.3 is 0 Å². The van der Waals surface area contributed by atoms with Gasteiger partial charge in [0, 0.05) is 63.0 Å². The van der Waals surface area contributed by atoms with Crippen molar-refractivity contribution in [2.45, 2.75) is 69.7 Å². The highest BCUT2D eigenvalue weighted by atomic mass is 19.1. The minimum atomic E-state index is -0.793. The number of pyridine rings is 1. The van der Waals surface area contributed by atoms with Crippen LogP contribution in [0.15, 0.2) is 67.0 Å². The Bertz CT molecular complexity index is 2380. The molecular weight excluding hydrogens is 724 g/mol. The topological polar surface area (TPSA) is 119 Å². The van der Waals surface area contributed by atoms with E-state index in [1.807, 2.05) is 43.6 Å². The number of rotatable bonds is 8. The number of carbonyl (C=O) groups excluding carboxylic acids is 3. The SMILES string of the molecule is CN(Cc1cc(F)c2c(c1)CN(C1CCC(=O)NC1=O)C2=O)C1CCN(c2cccc(-c3cnn4ccc(N5CCC[C@@H]5c5ccc(F)cc5F)nc34)n2)CC1. The molecule has 2 atom stereocenters. The lowest BCUT2D eigenvalue weighted by Gasteiger charge is -2.37. The quantitative estimate of drug-likeness (QED) is 0.207. The Morgan fingerprint density at radius 3 is 2.50 bits per heavy atom. The second-order valence-electron chi connectivity index (χ2n) is 15.2. The summed E-state index contributed by atoms with van der Waals surface area (Å²) in [6.45, 7) is 2.86. The van der Waals surface area contributed by atoms with Crippen LogP contribution in [0.3, 0.4) is 0 Å². The summed E-state index contributed by atoms with van der Waals surface area (Å²) >= 11 is 0. The molecular formula is C41H40F3N9O3. The van der Waals surface area contributed by atoms with Gasteiger partial charge in [-0.25, -0.2) is 27.7 Å². The maximum absolute atomic E-state index is 15.4. The van der Waals surface area contributed by atoms with E-state index in [0.29, 0.717) is 35.7 Å². The lowest BCUT2D eigenvalue weighted by molar-refractivity contribution is -0.136. The summed E-state index contributed by atoms with van der Waals surface area (Å²) in [6.07, 6.45) is 7.29. The number of anilines is 2. The molecule has 3 amide bonds. The molecule has 12 nitrogen and oxygen atoms in total. The van der Waals surface area contributed by atoms with E-state index in [4.69, 9.17) is 9.97 Å². The van der Waals surface area contributed by atoms with Crippen LogP contribution in [0.5, 0.6) is 0 Å². The van der Waals surface area contributed by atoms with E-state index in [1.165, 1.54) is 23.1 Å². The van der Waals surface area contributed by atoms with Crippen molar-refractivity contribution in [3.05, 3.63) is 107 Å². The number of carbonyl (C=O) groups is 3. The Labute approximate surface area is 320 Å². The van der Waals surface area contributed by atoms with Crippen molar-refractivity contribution < 1.29 is 27.6 Å². The second kappa shape index (κ2) is 14.3.